The Morgan fingerprint density at radius 3 is 2.71 bits per heavy atom. The van der Waals surface area contributed by atoms with Crippen molar-refractivity contribution in [1.82, 2.24) is 10.2 Å². The van der Waals surface area contributed by atoms with Gasteiger partial charge in [0.05, 0.1) is 0 Å². The molecule has 7 heavy (non-hydrogen) atoms. The van der Waals surface area contributed by atoms with Gasteiger partial charge in [0.15, 0.2) is 0 Å². The van der Waals surface area contributed by atoms with E-state index in [-0.39, 0.29) is 0 Å². The zero-order valence-corrected chi connectivity index (χ0v) is 4.83. The molecule has 0 aromatic carbocycles. The van der Waals surface area contributed by atoms with E-state index in [1.807, 2.05) is 0 Å². The molecule has 0 bridgehead atoms. The highest BCUT2D eigenvalue weighted by Gasteiger charge is 1.84. The van der Waals surface area contributed by atoms with Gasteiger partial charge in [-0.15, -0.1) is 0 Å². The summed E-state index contributed by atoms with van der Waals surface area (Å²) in [6.07, 6.45) is 0. The highest BCUT2D eigenvalue weighted by Crippen LogP contribution is 1.83. The first-order valence-corrected chi connectivity index (χ1v) is 2.43. The van der Waals surface area contributed by atoms with Crippen molar-refractivity contribution in [3.63, 3.8) is 0 Å². The Hall–Kier alpha value is -0.458. The van der Waals surface area contributed by atoms with E-state index < -0.39 is 0 Å². The minimum Gasteiger partial charge on any atom is -0.382 e. The van der Waals surface area contributed by atoms with E-state index in [9.17, 15) is 0 Å². The van der Waals surface area contributed by atoms with E-state index in [1.165, 1.54) is 0 Å². The second kappa shape index (κ2) is 1.57. The third-order valence-corrected chi connectivity index (χ3v) is 0.913. The van der Waals surface area contributed by atoms with Crippen molar-refractivity contribution in [2.24, 2.45) is 0 Å². The van der Waals surface area contributed by atoms with Gasteiger partial charge < -0.3 is 10.8 Å². The van der Waals surface area contributed by atoms with Crippen molar-refractivity contribution in [1.29, 1.82) is 0 Å². The van der Waals surface area contributed by atoms with Crippen LogP contribution >= 0.6 is 0 Å². The number of nitrogens with one attached hydrogen (secondary N) is 1. The third-order valence-electron chi connectivity index (χ3n) is 0.617. The predicted octanol–water partition coefficient (Wildman–Crippen LogP) is -1.21. The second-order valence-electron chi connectivity index (χ2n) is 1.25. The molecule has 0 saturated heterocycles. The summed E-state index contributed by atoms with van der Waals surface area (Å²) in [6.45, 7) is 0. The zero-order chi connectivity index (χ0) is 5.28. The molecule has 0 aliphatic rings. The third kappa shape index (κ3) is 0.953. The van der Waals surface area contributed by atoms with Crippen LogP contribution in [0.25, 0.3) is 0 Å². The summed E-state index contributed by atoms with van der Waals surface area (Å²) in [5.74, 6) is 0.532. The number of aromatic nitrogens is 2. The van der Waals surface area contributed by atoms with Gasteiger partial charge in [-0.05, 0) is 6.07 Å². The van der Waals surface area contributed by atoms with Gasteiger partial charge in [-0.2, -0.15) is 5.10 Å². The second-order valence-corrected chi connectivity index (χ2v) is 1.87. The molecule has 4 heteroatoms. The van der Waals surface area contributed by atoms with Crippen LogP contribution in [-0.4, -0.2) is 26.5 Å². The first-order valence-electron chi connectivity index (χ1n) is 1.85. The number of hydrogen-bond donors (Lipinski definition) is 2. The van der Waals surface area contributed by atoms with Gasteiger partial charge in [0.25, 0.3) is 0 Å². The summed E-state index contributed by atoms with van der Waals surface area (Å²) in [6, 6.07) is 1.74. The van der Waals surface area contributed by atoms with Crippen molar-refractivity contribution in [2.75, 3.05) is 5.73 Å². The van der Waals surface area contributed by atoms with E-state index in [0.29, 0.717) is 5.82 Å². The first-order chi connectivity index (χ1) is 3.29. The topological polar surface area (TPSA) is 54.7 Å². The average Bonchev–Trinajstić information content (AvgIpc) is 1.87. The molecule has 1 heterocycles. The minimum absolute atomic E-state index is 0.532. The van der Waals surface area contributed by atoms with Crippen LogP contribution in [0.15, 0.2) is 6.07 Å². The molecular formula is C3H4AlN3. The number of aromatic amines is 1. The van der Waals surface area contributed by atoms with Gasteiger partial charge in [0.2, 0.25) is 16.3 Å². The molecule has 1 aromatic heterocycles. The highest BCUT2D eigenvalue weighted by molar-refractivity contribution is 6.30. The summed E-state index contributed by atoms with van der Waals surface area (Å²) in [5.41, 5.74) is 5.22. The summed E-state index contributed by atoms with van der Waals surface area (Å²) >= 11 is 2.45. The summed E-state index contributed by atoms with van der Waals surface area (Å²) < 4.78 is 0.914. The maximum absolute atomic E-state index is 5.22. The standard InChI is InChI=1S/C3H4N3.Al/c4-3-1-2-5-6-3;/h1H,(H3,4,5,6);. The summed E-state index contributed by atoms with van der Waals surface area (Å²) in [4.78, 5) is 0. The Labute approximate surface area is 49.3 Å². The van der Waals surface area contributed by atoms with Gasteiger partial charge in [0, 0.05) is 0 Å². The van der Waals surface area contributed by atoms with Crippen molar-refractivity contribution in [2.45, 2.75) is 0 Å². The van der Waals surface area contributed by atoms with Crippen LogP contribution in [0.5, 0.6) is 0 Å². The van der Waals surface area contributed by atoms with Gasteiger partial charge in [-0.3, -0.25) is 0 Å². The molecular weight excluding hydrogens is 105 g/mol. The fourth-order valence-corrected chi connectivity index (χ4v) is 0.588. The van der Waals surface area contributed by atoms with Crippen LogP contribution in [0.2, 0.25) is 0 Å². The lowest BCUT2D eigenvalue weighted by atomic mass is 10.7. The molecule has 3 nitrogen and oxygen atoms in total. The van der Waals surface area contributed by atoms with Crippen LogP contribution in [0.3, 0.4) is 0 Å². The molecule has 1 rings (SSSR count). The molecule has 0 saturated carbocycles. The number of nitrogens with zero attached hydrogens (tertiary/aromatic N) is 1. The lowest BCUT2D eigenvalue weighted by Gasteiger charge is -1.69. The molecule has 0 spiro atoms. The van der Waals surface area contributed by atoms with E-state index in [4.69, 9.17) is 5.73 Å². The smallest absolute Gasteiger partial charge is 0.208 e. The molecule has 3 N–H and O–H groups in total. The normalized spacial score (nSPS) is 9.14. The number of hydrogen-bond acceptors (Lipinski definition) is 2. The Balaban J connectivity index is 3.04. The van der Waals surface area contributed by atoms with E-state index in [1.54, 1.807) is 6.07 Å². The number of H-pyrrole nitrogens is 1. The molecule has 34 valence electrons. The molecule has 0 fully saturated rings. The van der Waals surface area contributed by atoms with E-state index >= 15 is 0 Å². The fraction of sp³-hybridized carbons (Fsp3) is 0. The SMILES string of the molecule is Nc1c[c]([Al])[nH]n1. The van der Waals surface area contributed by atoms with Gasteiger partial charge in [-0.1, -0.05) is 4.56 Å². The monoisotopic (exact) mass is 109 g/mol. The van der Waals surface area contributed by atoms with Crippen molar-refractivity contribution >= 4 is 26.7 Å². The zero-order valence-electron chi connectivity index (χ0n) is 3.68. The van der Waals surface area contributed by atoms with Crippen LogP contribution in [0, 0.1) is 0 Å². The van der Waals surface area contributed by atoms with Crippen molar-refractivity contribution in [3.8, 4) is 0 Å². The van der Waals surface area contributed by atoms with E-state index in [0.717, 1.165) is 4.56 Å². The average molecular weight is 109 g/mol. The summed E-state index contributed by atoms with van der Waals surface area (Å²) in [5, 5.41) is 6.30. The molecule has 0 aliphatic heterocycles. The fourth-order valence-electron chi connectivity index (χ4n) is 0.353. The summed E-state index contributed by atoms with van der Waals surface area (Å²) in [7, 11) is 0. The number of nitrogens with two attached hydrogens (primary N) is 1. The number of rotatable bonds is 0. The molecule has 0 aliphatic carbocycles. The Bertz CT molecular complexity index is 142. The largest absolute Gasteiger partial charge is 0.382 e. The van der Waals surface area contributed by atoms with Crippen LogP contribution in [0.1, 0.15) is 0 Å². The number of anilines is 1. The molecule has 1 aromatic rings. The van der Waals surface area contributed by atoms with Crippen LogP contribution < -0.4 is 10.3 Å². The van der Waals surface area contributed by atoms with Crippen LogP contribution in [-0.2, 0) is 0 Å². The Morgan fingerprint density at radius 2 is 2.57 bits per heavy atom. The van der Waals surface area contributed by atoms with Crippen molar-refractivity contribution in [3.05, 3.63) is 6.07 Å². The predicted molar refractivity (Wildman–Crippen MR) is 28.4 cm³/mol. The van der Waals surface area contributed by atoms with Gasteiger partial charge >= 0.3 is 0 Å². The van der Waals surface area contributed by atoms with Gasteiger partial charge in [-0.25, -0.2) is 0 Å². The molecule has 0 amide bonds. The molecule has 0 unspecified atom stereocenters. The number of nitrogen functional groups attached to an aromatic ring is 1. The Kier molecular flexibility index (Phi) is 1.05. The molecule has 0 atom stereocenters. The quantitative estimate of drug-likeness (QED) is 0.410. The van der Waals surface area contributed by atoms with Crippen LogP contribution in [0.4, 0.5) is 5.82 Å². The van der Waals surface area contributed by atoms with Crippen molar-refractivity contribution < 1.29 is 0 Å². The maximum atomic E-state index is 5.22. The lowest BCUT2D eigenvalue weighted by molar-refractivity contribution is 1.12. The first kappa shape index (κ1) is 4.70. The lowest BCUT2D eigenvalue weighted by Crippen LogP contribution is -2.00. The minimum atomic E-state index is 0.532. The van der Waals surface area contributed by atoms with Gasteiger partial charge in [0.1, 0.15) is 5.82 Å². The maximum Gasteiger partial charge on any atom is 0.208 e. The molecule has 2 radical (unpaired) electrons. The Morgan fingerprint density at radius 1 is 1.86 bits per heavy atom. The van der Waals surface area contributed by atoms with E-state index in [2.05, 4.69) is 26.5 Å². The highest BCUT2D eigenvalue weighted by atomic mass is 27.0.